The molecule has 3 N–H and O–H groups in total. The van der Waals surface area contributed by atoms with Gasteiger partial charge in [-0.2, -0.15) is 0 Å². The molecule has 114 valence electrons. The highest BCUT2D eigenvalue weighted by Crippen LogP contribution is 2.19. The molecule has 0 saturated heterocycles. The third-order valence-electron chi connectivity index (χ3n) is 3.54. The number of rotatable bonds is 6. The second kappa shape index (κ2) is 6.76. The number of ether oxygens (including phenoxy) is 1. The van der Waals surface area contributed by atoms with Crippen LogP contribution in [0.2, 0.25) is 0 Å². The number of esters is 1. The molecule has 0 spiro atoms. The van der Waals surface area contributed by atoms with Crippen molar-refractivity contribution in [1.82, 2.24) is 4.98 Å². The first kappa shape index (κ1) is 15.6. The van der Waals surface area contributed by atoms with Crippen LogP contribution in [0.4, 0.5) is 0 Å². The van der Waals surface area contributed by atoms with Crippen LogP contribution in [0, 0.1) is 5.92 Å². The fraction of sp³-hybridized carbons (Fsp3) is 0.471. The fourth-order valence-corrected chi connectivity index (χ4v) is 2.62. The Morgan fingerprint density at radius 3 is 2.71 bits per heavy atom. The average molecular weight is 288 g/mol. The van der Waals surface area contributed by atoms with E-state index in [1.165, 1.54) is 0 Å². The van der Waals surface area contributed by atoms with Crippen molar-refractivity contribution in [2.75, 3.05) is 0 Å². The summed E-state index contributed by atoms with van der Waals surface area (Å²) in [7, 11) is 0. The van der Waals surface area contributed by atoms with E-state index in [4.69, 9.17) is 10.5 Å². The Morgan fingerprint density at radius 1 is 1.29 bits per heavy atom. The zero-order chi connectivity index (χ0) is 15.4. The predicted octanol–water partition coefficient (Wildman–Crippen LogP) is 3.02. The highest BCUT2D eigenvalue weighted by Gasteiger charge is 2.20. The molecule has 1 aromatic heterocycles. The predicted molar refractivity (Wildman–Crippen MR) is 85.0 cm³/mol. The number of fused-ring (bicyclic) bond motifs is 1. The van der Waals surface area contributed by atoms with Crippen LogP contribution in [0.25, 0.3) is 10.9 Å². The first-order valence-corrected chi connectivity index (χ1v) is 7.48. The van der Waals surface area contributed by atoms with E-state index >= 15 is 0 Å². The van der Waals surface area contributed by atoms with Gasteiger partial charge in [0.15, 0.2) is 0 Å². The zero-order valence-electron chi connectivity index (χ0n) is 12.9. The van der Waals surface area contributed by atoms with Crippen LogP contribution in [-0.4, -0.2) is 23.1 Å². The van der Waals surface area contributed by atoms with Gasteiger partial charge < -0.3 is 15.5 Å². The summed E-state index contributed by atoms with van der Waals surface area (Å²) >= 11 is 0. The summed E-state index contributed by atoms with van der Waals surface area (Å²) in [6.07, 6.45) is 3.16. The average Bonchev–Trinajstić information content (AvgIpc) is 2.81. The van der Waals surface area contributed by atoms with Crippen molar-refractivity contribution in [3.63, 3.8) is 0 Å². The maximum atomic E-state index is 12.0. The minimum absolute atomic E-state index is 0.0912. The Kier molecular flexibility index (Phi) is 5.02. The van der Waals surface area contributed by atoms with Gasteiger partial charge in [-0.3, -0.25) is 4.79 Å². The van der Waals surface area contributed by atoms with Crippen LogP contribution < -0.4 is 5.73 Å². The van der Waals surface area contributed by atoms with Crippen LogP contribution in [-0.2, 0) is 16.0 Å². The molecule has 0 aliphatic rings. The van der Waals surface area contributed by atoms with Crippen LogP contribution in [0.3, 0.4) is 0 Å². The maximum absolute atomic E-state index is 12.0. The standard InChI is InChI=1S/C17H24N2O2/c1-11(2)8-12(3)21-17(20)15(18)9-13-10-19-16-7-5-4-6-14(13)16/h4-7,10-12,15,19H,8-9,18H2,1-3H3/t12?,15-/m1/s1. The van der Waals surface area contributed by atoms with E-state index in [1.807, 2.05) is 37.4 Å². The Hall–Kier alpha value is -1.81. The molecule has 0 fully saturated rings. The van der Waals surface area contributed by atoms with Crippen molar-refractivity contribution in [1.29, 1.82) is 0 Å². The smallest absolute Gasteiger partial charge is 0.323 e. The van der Waals surface area contributed by atoms with Crippen molar-refractivity contribution >= 4 is 16.9 Å². The number of carbonyl (C=O) groups is 1. The number of nitrogens with two attached hydrogens (primary N) is 1. The van der Waals surface area contributed by atoms with Crippen LogP contribution >= 0.6 is 0 Å². The van der Waals surface area contributed by atoms with E-state index in [0.29, 0.717) is 12.3 Å². The van der Waals surface area contributed by atoms with Crippen molar-refractivity contribution in [3.05, 3.63) is 36.0 Å². The molecule has 2 atom stereocenters. The number of para-hydroxylation sites is 1. The van der Waals surface area contributed by atoms with Gasteiger partial charge in [-0.05, 0) is 30.9 Å². The number of aromatic amines is 1. The molecule has 0 radical (unpaired) electrons. The normalized spacial score (nSPS) is 14.3. The van der Waals surface area contributed by atoms with Gasteiger partial charge >= 0.3 is 5.97 Å². The molecule has 0 aliphatic carbocycles. The van der Waals surface area contributed by atoms with E-state index < -0.39 is 6.04 Å². The lowest BCUT2D eigenvalue weighted by Crippen LogP contribution is -2.36. The number of carbonyl (C=O) groups excluding carboxylic acids is 1. The highest BCUT2D eigenvalue weighted by atomic mass is 16.5. The number of aromatic nitrogens is 1. The summed E-state index contributed by atoms with van der Waals surface area (Å²) in [5, 5.41) is 1.11. The number of hydrogen-bond acceptors (Lipinski definition) is 3. The summed E-state index contributed by atoms with van der Waals surface area (Å²) in [4.78, 5) is 15.2. The zero-order valence-corrected chi connectivity index (χ0v) is 12.9. The monoisotopic (exact) mass is 288 g/mol. The number of hydrogen-bond donors (Lipinski definition) is 2. The highest BCUT2D eigenvalue weighted by molar-refractivity contribution is 5.84. The van der Waals surface area contributed by atoms with E-state index in [1.54, 1.807) is 0 Å². The Balaban J connectivity index is 1.97. The fourth-order valence-electron chi connectivity index (χ4n) is 2.62. The molecular weight excluding hydrogens is 264 g/mol. The second-order valence-electron chi connectivity index (χ2n) is 6.05. The van der Waals surface area contributed by atoms with E-state index in [2.05, 4.69) is 18.8 Å². The van der Waals surface area contributed by atoms with Gasteiger partial charge in [0.2, 0.25) is 0 Å². The van der Waals surface area contributed by atoms with E-state index in [-0.39, 0.29) is 12.1 Å². The summed E-state index contributed by atoms with van der Waals surface area (Å²) in [5.74, 6) is 0.172. The van der Waals surface area contributed by atoms with Crippen LogP contribution in [0.15, 0.2) is 30.5 Å². The van der Waals surface area contributed by atoms with E-state index in [0.717, 1.165) is 22.9 Å². The molecule has 1 heterocycles. The van der Waals surface area contributed by atoms with Gasteiger partial charge in [-0.15, -0.1) is 0 Å². The largest absolute Gasteiger partial charge is 0.461 e. The van der Waals surface area contributed by atoms with Gasteiger partial charge in [0.1, 0.15) is 6.04 Å². The molecule has 2 rings (SSSR count). The minimum atomic E-state index is -0.626. The second-order valence-corrected chi connectivity index (χ2v) is 6.05. The number of benzene rings is 1. The summed E-state index contributed by atoms with van der Waals surface area (Å²) < 4.78 is 5.41. The summed E-state index contributed by atoms with van der Waals surface area (Å²) in [6, 6.07) is 7.37. The van der Waals surface area contributed by atoms with Crippen LogP contribution in [0.5, 0.6) is 0 Å². The molecular formula is C17H24N2O2. The molecule has 1 unspecified atom stereocenters. The minimum Gasteiger partial charge on any atom is -0.461 e. The Bertz CT molecular complexity index is 604. The molecule has 0 amide bonds. The van der Waals surface area contributed by atoms with Crippen molar-refractivity contribution in [2.45, 2.75) is 45.8 Å². The maximum Gasteiger partial charge on any atom is 0.323 e. The molecule has 1 aromatic carbocycles. The third kappa shape index (κ3) is 4.08. The lowest BCUT2D eigenvalue weighted by Gasteiger charge is -2.18. The third-order valence-corrected chi connectivity index (χ3v) is 3.54. The Labute approximate surface area is 125 Å². The van der Waals surface area contributed by atoms with Crippen molar-refractivity contribution < 1.29 is 9.53 Å². The molecule has 21 heavy (non-hydrogen) atoms. The number of nitrogens with one attached hydrogen (secondary N) is 1. The lowest BCUT2D eigenvalue weighted by molar-refractivity contribution is -0.150. The molecule has 4 nitrogen and oxygen atoms in total. The molecule has 2 aromatic rings. The molecule has 0 saturated carbocycles. The van der Waals surface area contributed by atoms with E-state index in [9.17, 15) is 4.79 Å². The van der Waals surface area contributed by atoms with Gasteiger partial charge in [0, 0.05) is 23.5 Å². The Morgan fingerprint density at radius 2 is 2.00 bits per heavy atom. The van der Waals surface area contributed by atoms with Crippen molar-refractivity contribution in [3.8, 4) is 0 Å². The van der Waals surface area contributed by atoms with Crippen LogP contribution in [0.1, 0.15) is 32.8 Å². The summed E-state index contributed by atoms with van der Waals surface area (Å²) in [6.45, 7) is 6.13. The van der Waals surface area contributed by atoms with Crippen molar-refractivity contribution in [2.24, 2.45) is 11.7 Å². The topological polar surface area (TPSA) is 68.1 Å². The summed E-state index contributed by atoms with van der Waals surface area (Å²) in [5.41, 5.74) is 8.09. The number of H-pyrrole nitrogens is 1. The molecule has 4 heteroatoms. The molecule has 0 bridgehead atoms. The van der Waals surface area contributed by atoms with Gasteiger partial charge in [0.25, 0.3) is 0 Å². The van der Waals surface area contributed by atoms with Gasteiger partial charge in [-0.25, -0.2) is 0 Å². The van der Waals surface area contributed by atoms with Gasteiger partial charge in [-0.1, -0.05) is 32.0 Å². The first-order chi connectivity index (χ1) is 9.97. The van der Waals surface area contributed by atoms with Gasteiger partial charge in [0.05, 0.1) is 6.10 Å². The quantitative estimate of drug-likeness (QED) is 0.803. The first-order valence-electron chi connectivity index (χ1n) is 7.48. The lowest BCUT2D eigenvalue weighted by atomic mass is 10.1. The molecule has 0 aliphatic heterocycles. The SMILES string of the molecule is CC(C)CC(C)OC(=O)[C@H](N)Cc1c[nH]c2ccccc12.